The summed E-state index contributed by atoms with van der Waals surface area (Å²) in [6.07, 6.45) is 0. The Balaban J connectivity index is 1.98. The van der Waals surface area contributed by atoms with Crippen LogP contribution < -0.4 is 19.5 Å². The van der Waals surface area contributed by atoms with Crippen molar-refractivity contribution >= 4 is 79.4 Å². The van der Waals surface area contributed by atoms with Crippen LogP contribution in [0, 0.1) is 10.1 Å². The summed E-state index contributed by atoms with van der Waals surface area (Å²) in [5.74, 6) is -0.477. The van der Waals surface area contributed by atoms with Crippen molar-refractivity contribution in [2.75, 3.05) is 24.3 Å². The molecule has 0 aliphatic carbocycles. The molecule has 0 saturated carbocycles. The van der Waals surface area contributed by atoms with Crippen LogP contribution in [0.25, 0.3) is 0 Å². The number of nitrogens with one attached hydrogen (secondary N) is 2. The number of carbonyl (C=O) groups is 1. The van der Waals surface area contributed by atoms with E-state index in [9.17, 15) is 23.3 Å². The predicted molar refractivity (Wildman–Crippen MR) is 138 cm³/mol. The first-order chi connectivity index (χ1) is 16.9. The van der Waals surface area contributed by atoms with Crippen molar-refractivity contribution in [1.82, 2.24) is 0 Å². The molecule has 0 aliphatic rings. The summed E-state index contributed by atoms with van der Waals surface area (Å²) in [7, 11) is -1.68. The zero-order valence-corrected chi connectivity index (χ0v) is 22.1. The lowest BCUT2D eigenvalue weighted by molar-refractivity contribution is -0.384. The van der Waals surface area contributed by atoms with Crippen LogP contribution in [0.5, 0.6) is 11.5 Å². The van der Waals surface area contributed by atoms with E-state index in [2.05, 4.69) is 10.0 Å². The fourth-order valence-electron chi connectivity index (χ4n) is 2.96. The number of hydrogen-bond donors (Lipinski definition) is 2. The zero-order chi connectivity index (χ0) is 26.8. The van der Waals surface area contributed by atoms with Gasteiger partial charge in [0.05, 0.1) is 56.2 Å². The van der Waals surface area contributed by atoms with Crippen LogP contribution in [-0.2, 0) is 10.0 Å². The molecule has 0 aromatic heterocycles. The summed E-state index contributed by atoms with van der Waals surface area (Å²) in [6.45, 7) is 0. The van der Waals surface area contributed by atoms with Crippen LogP contribution in [0.3, 0.4) is 0 Å². The van der Waals surface area contributed by atoms with Gasteiger partial charge in [0.1, 0.15) is 16.4 Å². The highest BCUT2D eigenvalue weighted by Gasteiger charge is 2.25. The second-order valence-corrected chi connectivity index (χ2v) is 10.2. The highest BCUT2D eigenvalue weighted by molar-refractivity contribution is 7.92. The van der Waals surface area contributed by atoms with Crippen LogP contribution in [0.4, 0.5) is 17.1 Å². The number of benzene rings is 3. The van der Waals surface area contributed by atoms with Crippen molar-refractivity contribution in [3.8, 4) is 11.5 Å². The Kier molecular flexibility index (Phi) is 8.42. The Morgan fingerprint density at radius 3 is 2.11 bits per heavy atom. The minimum absolute atomic E-state index is 0.0158. The molecule has 0 fully saturated rings. The second-order valence-electron chi connectivity index (χ2n) is 6.93. The second kappa shape index (κ2) is 11.0. The van der Waals surface area contributed by atoms with Gasteiger partial charge in [0, 0.05) is 18.2 Å². The Morgan fingerprint density at radius 2 is 1.53 bits per heavy atom. The SMILES string of the molecule is COc1cc(OC)c(NS(=O)(=O)c2cc(C(=O)Nc3ccc([N+](=O)[O-])cc3Cl)c(Cl)cc2Cl)cc1Cl. The molecule has 0 spiro atoms. The fraction of sp³-hybridized carbons (Fsp3) is 0.0952. The van der Waals surface area contributed by atoms with E-state index < -0.39 is 25.7 Å². The summed E-state index contributed by atoms with van der Waals surface area (Å²) < 4.78 is 38.9. The molecule has 1 amide bonds. The van der Waals surface area contributed by atoms with E-state index in [4.69, 9.17) is 55.9 Å². The lowest BCUT2D eigenvalue weighted by atomic mass is 10.2. The molecule has 2 N–H and O–H groups in total. The molecule has 0 atom stereocenters. The number of methoxy groups -OCH3 is 2. The molecule has 0 bridgehead atoms. The van der Waals surface area contributed by atoms with Crippen molar-refractivity contribution in [3.05, 3.63) is 78.2 Å². The molecule has 0 radical (unpaired) electrons. The van der Waals surface area contributed by atoms with Gasteiger partial charge < -0.3 is 14.8 Å². The maximum Gasteiger partial charge on any atom is 0.271 e. The number of hydrogen-bond acceptors (Lipinski definition) is 7. The smallest absolute Gasteiger partial charge is 0.271 e. The minimum Gasteiger partial charge on any atom is -0.495 e. The zero-order valence-electron chi connectivity index (χ0n) is 18.3. The molecule has 190 valence electrons. The number of sulfonamides is 1. The summed E-state index contributed by atoms with van der Waals surface area (Å²) in [4.78, 5) is 22.6. The van der Waals surface area contributed by atoms with Crippen LogP contribution in [0.2, 0.25) is 20.1 Å². The van der Waals surface area contributed by atoms with Crippen molar-refractivity contribution in [2.45, 2.75) is 4.90 Å². The normalized spacial score (nSPS) is 11.1. The number of carbonyl (C=O) groups excluding carboxylic acids is 1. The summed E-state index contributed by atoms with van der Waals surface area (Å²) in [5, 5.41) is 12.9. The number of ether oxygens (including phenoxy) is 2. The van der Waals surface area contributed by atoms with E-state index in [0.717, 1.165) is 24.3 Å². The lowest BCUT2D eigenvalue weighted by Crippen LogP contribution is -2.17. The maximum absolute atomic E-state index is 13.2. The van der Waals surface area contributed by atoms with Crippen LogP contribution >= 0.6 is 46.4 Å². The summed E-state index contributed by atoms with van der Waals surface area (Å²) in [6, 6.07) is 8.13. The number of rotatable bonds is 8. The van der Waals surface area contributed by atoms with E-state index in [-0.39, 0.29) is 54.2 Å². The number of nitrogens with zero attached hydrogens (tertiary/aromatic N) is 1. The van der Waals surface area contributed by atoms with E-state index in [0.29, 0.717) is 0 Å². The van der Waals surface area contributed by atoms with Gasteiger partial charge in [-0.15, -0.1) is 0 Å². The maximum atomic E-state index is 13.2. The van der Waals surface area contributed by atoms with Gasteiger partial charge in [-0.05, 0) is 24.3 Å². The van der Waals surface area contributed by atoms with Gasteiger partial charge >= 0.3 is 0 Å². The van der Waals surface area contributed by atoms with Crippen LogP contribution in [0.15, 0.2) is 47.4 Å². The molecule has 15 heteroatoms. The van der Waals surface area contributed by atoms with E-state index in [1.54, 1.807) is 0 Å². The Bertz CT molecular complexity index is 1480. The van der Waals surface area contributed by atoms with E-state index >= 15 is 0 Å². The fourth-order valence-corrected chi connectivity index (χ4v) is 5.34. The Morgan fingerprint density at radius 1 is 0.861 bits per heavy atom. The highest BCUT2D eigenvalue weighted by Crippen LogP contribution is 2.38. The minimum atomic E-state index is -4.38. The molecule has 0 heterocycles. The third-order valence-corrected chi connectivity index (χ3v) is 7.44. The van der Waals surface area contributed by atoms with Gasteiger partial charge in [-0.1, -0.05) is 46.4 Å². The average molecular weight is 595 g/mol. The first-order valence-electron chi connectivity index (χ1n) is 9.56. The number of anilines is 2. The standard InChI is InChI=1S/C21H15Cl4N3O7S/c1-34-18-9-19(35-2)17(8-14(18)24)27-36(32,33)20-6-11(12(22)7-15(20)25)21(29)26-16-4-3-10(28(30)31)5-13(16)23/h3-9,27H,1-2H3,(H,26,29). The Hall–Kier alpha value is -2.96. The number of nitro benzene ring substituents is 1. The number of non-ortho nitro benzene ring substituents is 1. The van der Waals surface area contributed by atoms with E-state index in [1.807, 2.05) is 0 Å². The number of nitro groups is 1. The van der Waals surface area contributed by atoms with Crippen molar-refractivity contribution in [2.24, 2.45) is 0 Å². The van der Waals surface area contributed by atoms with Crippen molar-refractivity contribution in [3.63, 3.8) is 0 Å². The predicted octanol–water partition coefficient (Wildman–Crippen LogP) is 6.28. The van der Waals surface area contributed by atoms with Gasteiger partial charge in [0.2, 0.25) is 0 Å². The molecule has 0 saturated heterocycles. The topological polar surface area (TPSA) is 137 Å². The molecule has 3 aromatic carbocycles. The van der Waals surface area contributed by atoms with Crippen LogP contribution in [0.1, 0.15) is 10.4 Å². The molecule has 0 unspecified atom stereocenters. The largest absolute Gasteiger partial charge is 0.495 e. The number of amides is 1. The highest BCUT2D eigenvalue weighted by atomic mass is 35.5. The average Bonchev–Trinajstić information content (AvgIpc) is 2.80. The van der Waals surface area contributed by atoms with Gasteiger partial charge in [-0.25, -0.2) is 8.42 Å². The first-order valence-corrected chi connectivity index (χ1v) is 12.6. The summed E-state index contributed by atoms with van der Waals surface area (Å²) in [5.41, 5.74) is -0.511. The molecular formula is C21H15Cl4N3O7S. The molecule has 0 aliphatic heterocycles. The lowest BCUT2D eigenvalue weighted by Gasteiger charge is -2.16. The van der Waals surface area contributed by atoms with Gasteiger partial charge in [0.25, 0.3) is 21.6 Å². The van der Waals surface area contributed by atoms with E-state index in [1.165, 1.54) is 32.4 Å². The van der Waals surface area contributed by atoms with Gasteiger partial charge in [-0.2, -0.15) is 0 Å². The molecular weight excluding hydrogens is 580 g/mol. The molecule has 10 nitrogen and oxygen atoms in total. The summed E-state index contributed by atoms with van der Waals surface area (Å²) >= 11 is 24.4. The Labute approximate surface area is 225 Å². The third-order valence-electron chi connectivity index (χ3n) is 4.69. The first kappa shape index (κ1) is 27.6. The van der Waals surface area contributed by atoms with Gasteiger partial charge in [0.15, 0.2) is 0 Å². The van der Waals surface area contributed by atoms with Crippen LogP contribution in [-0.4, -0.2) is 33.5 Å². The van der Waals surface area contributed by atoms with Crippen molar-refractivity contribution in [1.29, 1.82) is 0 Å². The van der Waals surface area contributed by atoms with Crippen molar-refractivity contribution < 1.29 is 27.6 Å². The van der Waals surface area contributed by atoms with Gasteiger partial charge in [-0.3, -0.25) is 19.6 Å². The third kappa shape index (κ3) is 5.88. The quantitative estimate of drug-likeness (QED) is 0.231. The monoisotopic (exact) mass is 593 g/mol. The molecule has 3 aromatic rings. The molecule has 3 rings (SSSR count). The molecule has 36 heavy (non-hydrogen) atoms. The number of halogens is 4.